The summed E-state index contributed by atoms with van der Waals surface area (Å²) in [4.78, 5) is 44.2. The number of nitrogens with two attached hydrogens (primary N) is 1. The largest absolute Gasteiger partial charge is 0.368 e. The second-order valence-electron chi connectivity index (χ2n) is 6.54. The molecule has 3 rings (SSSR count). The number of hydrogen-bond donors (Lipinski definition) is 5. The highest BCUT2D eigenvalue weighted by molar-refractivity contribution is 8.00. The molecule has 2 saturated heterocycles. The third kappa shape index (κ3) is 4.43. The molecule has 0 aromatic carbocycles. The van der Waals surface area contributed by atoms with Crippen molar-refractivity contribution in [2.45, 2.75) is 30.2 Å². The van der Waals surface area contributed by atoms with E-state index in [2.05, 4.69) is 25.9 Å². The van der Waals surface area contributed by atoms with E-state index in [4.69, 9.17) is 5.73 Å². The first-order valence-electron chi connectivity index (χ1n) is 8.72. The average molecular weight is 380 g/mol. The Hall–Kier alpha value is -1.91. The average Bonchev–Trinajstić information content (AvgIpc) is 3.33. The van der Waals surface area contributed by atoms with E-state index in [1.807, 2.05) is 0 Å². The number of primary amides is 1. The molecule has 0 saturated carbocycles. The standard InChI is InChI=1S/C16H24N6O3S/c17-15(24)13-10(1-2-20-13)14(23)11(5-9-6-19-8-21-9)22-16(25)12-7-18-3-4-26-12/h6,8,10-13,18,20H,1-5,7H2,(H2,17,24)(H,19,21)(H,22,25)/t10?,11-,12?,13-/m0/s1. The van der Waals surface area contributed by atoms with Gasteiger partial charge in [0.2, 0.25) is 11.8 Å². The van der Waals surface area contributed by atoms with E-state index >= 15 is 0 Å². The van der Waals surface area contributed by atoms with Gasteiger partial charge in [0.25, 0.3) is 0 Å². The summed E-state index contributed by atoms with van der Waals surface area (Å²) in [6.07, 6.45) is 3.99. The number of nitrogens with zero attached hydrogens (tertiary/aromatic N) is 1. The van der Waals surface area contributed by atoms with Gasteiger partial charge in [-0.2, -0.15) is 0 Å². The zero-order valence-corrected chi connectivity index (χ0v) is 15.2. The van der Waals surface area contributed by atoms with Crippen molar-refractivity contribution in [1.82, 2.24) is 25.9 Å². The van der Waals surface area contributed by atoms with Crippen LogP contribution >= 0.6 is 11.8 Å². The van der Waals surface area contributed by atoms with Gasteiger partial charge in [0.1, 0.15) is 0 Å². The number of H-pyrrole nitrogens is 1. The van der Waals surface area contributed by atoms with Gasteiger partial charge in [0, 0.05) is 43.1 Å². The molecule has 2 fully saturated rings. The summed E-state index contributed by atoms with van der Waals surface area (Å²) < 4.78 is 0. The molecule has 0 spiro atoms. The maximum absolute atomic E-state index is 13.1. The predicted molar refractivity (Wildman–Crippen MR) is 97.4 cm³/mol. The van der Waals surface area contributed by atoms with Gasteiger partial charge in [0.05, 0.1) is 23.7 Å². The number of carbonyl (C=O) groups excluding carboxylic acids is 3. The van der Waals surface area contributed by atoms with Gasteiger partial charge >= 0.3 is 0 Å². The van der Waals surface area contributed by atoms with Crippen molar-refractivity contribution in [3.8, 4) is 0 Å². The van der Waals surface area contributed by atoms with Crippen molar-refractivity contribution >= 4 is 29.4 Å². The summed E-state index contributed by atoms with van der Waals surface area (Å²) >= 11 is 1.58. The molecule has 0 bridgehead atoms. The molecule has 142 valence electrons. The minimum absolute atomic E-state index is 0.165. The third-order valence-electron chi connectivity index (χ3n) is 4.75. The van der Waals surface area contributed by atoms with Crippen molar-refractivity contribution in [3.63, 3.8) is 0 Å². The Balaban J connectivity index is 1.72. The van der Waals surface area contributed by atoms with Crippen molar-refractivity contribution in [3.05, 3.63) is 18.2 Å². The van der Waals surface area contributed by atoms with Crippen LogP contribution in [0, 0.1) is 5.92 Å². The number of thioether (sulfide) groups is 1. The van der Waals surface area contributed by atoms with Crippen LogP contribution in [0.1, 0.15) is 12.1 Å². The topological polar surface area (TPSA) is 142 Å². The normalized spacial score (nSPS) is 27.0. The maximum atomic E-state index is 13.1. The van der Waals surface area contributed by atoms with Crippen LogP contribution in [0.4, 0.5) is 0 Å². The molecule has 2 unspecified atom stereocenters. The summed E-state index contributed by atoms with van der Waals surface area (Å²) in [6, 6.07) is -1.41. The zero-order chi connectivity index (χ0) is 18.5. The van der Waals surface area contributed by atoms with Crippen LogP contribution in [-0.4, -0.2) is 70.3 Å². The molecule has 6 N–H and O–H groups in total. The molecule has 0 aliphatic carbocycles. The monoisotopic (exact) mass is 380 g/mol. The van der Waals surface area contributed by atoms with Crippen LogP contribution in [0.5, 0.6) is 0 Å². The van der Waals surface area contributed by atoms with Crippen LogP contribution < -0.4 is 21.7 Å². The number of nitrogens with one attached hydrogen (secondary N) is 4. The smallest absolute Gasteiger partial charge is 0.235 e. The third-order valence-corrected chi connectivity index (χ3v) is 5.98. The zero-order valence-electron chi connectivity index (χ0n) is 14.4. The van der Waals surface area contributed by atoms with Gasteiger partial charge in [-0.1, -0.05) is 0 Å². The fraction of sp³-hybridized carbons (Fsp3) is 0.625. The van der Waals surface area contributed by atoms with E-state index in [0.29, 0.717) is 25.9 Å². The second-order valence-corrected chi connectivity index (χ2v) is 7.85. The van der Waals surface area contributed by atoms with Crippen molar-refractivity contribution in [2.24, 2.45) is 11.7 Å². The first-order valence-corrected chi connectivity index (χ1v) is 9.77. The molecule has 0 radical (unpaired) electrons. The SMILES string of the molecule is NC(=O)[C@H]1NCCC1C(=O)[C@H](Cc1cnc[nH]1)NC(=O)C1CNCCS1. The van der Waals surface area contributed by atoms with Crippen LogP contribution in [0.25, 0.3) is 0 Å². The summed E-state index contributed by atoms with van der Waals surface area (Å²) in [6.45, 7) is 2.01. The van der Waals surface area contributed by atoms with Crippen LogP contribution in [-0.2, 0) is 20.8 Å². The molecule has 26 heavy (non-hydrogen) atoms. The highest BCUT2D eigenvalue weighted by Gasteiger charge is 2.40. The fourth-order valence-corrected chi connectivity index (χ4v) is 4.41. The van der Waals surface area contributed by atoms with E-state index in [-0.39, 0.29) is 16.9 Å². The number of rotatable bonds is 7. The highest BCUT2D eigenvalue weighted by atomic mass is 32.2. The van der Waals surface area contributed by atoms with E-state index in [0.717, 1.165) is 18.0 Å². The molecule has 2 aliphatic heterocycles. The second kappa shape index (κ2) is 8.65. The fourth-order valence-electron chi connectivity index (χ4n) is 3.40. The Morgan fingerprint density at radius 3 is 2.88 bits per heavy atom. The molecule has 2 aliphatic rings. The number of hydrogen-bond acceptors (Lipinski definition) is 7. The number of carbonyl (C=O) groups is 3. The van der Waals surface area contributed by atoms with Gasteiger partial charge in [-0.3, -0.25) is 14.4 Å². The Kier molecular flexibility index (Phi) is 6.28. The number of aromatic amines is 1. The lowest BCUT2D eigenvalue weighted by molar-refractivity contribution is -0.132. The number of aromatic nitrogens is 2. The molecular weight excluding hydrogens is 356 g/mol. The molecule has 1 aromatic rings. The molecular formula is C16H24N6O3S. The Morgan fingerprint density at radius 2 is 2.23 bits per heavy atom. The van der Waals surface area contributed by atoms with Crippen LogP contribution in [0.2, 0.25) is 0 Å². The van der Waals surface area contributed by atoms with Crippen molar-refractivity contribution in [2.75, 3.05) is 25.4 Å². The first kappa shape index (κ1) is 18.9. The van der Waals surface area contributed by atoms with Crippen molar-refractivity contribution < 1.29 is 14.4 Å². The number of Topliss-reactive ketones (excluding diaryl/α,β-unsaturated/α-hetero) is 1. The lowest BCUT2D eigenvalue weighted by atomic mass is 9.89. The van der Waals surface area contributed by atoms with Gasteiger partial charge in [-0.05, 0) is 13.0 Å². The molecule has 9 nitrogen and oxygen atoms in total. The summed E-state index contributed by atoms with van der Waals surface area (Å²) in [5.74, 6) is -0.553. The molecule has 3 heterocycles. The number of amides is 2. The molecule has 1 aromatic heterocycles. The predicted octanol–water partition coefficient (Wildman–Crippen LogP) is -1.83. The summed E-state index contributed by atoms with van der Waals surface area (Å²) in [5.41, 5.74) is 6.16. The molecule has 10 heteroatoms. The van der Waals surface area contributed by atoms with E-state index in [1.165, 1.54) is 6.33 Å². The van der Waals surface area contributed by atoms with Gasteiger partial charge in [-0.15, -0.1) is 11.8 Å². The lowest BCUT2D eigenvalue weighted by Crippen LogP contribution is -2.53. The number of ketones is 1. The quantitative estimate of drug-likeness (QED) is 0.375. The molecule has 2 amide bonds. The minimum atomic E-state index is -0.725. The Morgan fingerprint density at radius 1 is 1.38 bits per heavy atom. The van der Waals surface area contributed by atoms with E-state index in [9.17, 15) is 14.4 Å². The Labute approximate surface area is 155 Å². The first-order chi connectivity index (χ1) is 12.6. The van der Waals surface area contributed by atoms with E-state index in [1.54, 1.807) is 18.0 Å². The highest BCUT2D eigenvalue weighted by Crippen LogP contribution is 2.20. The minimum Gasteiger partial charge on any atom is -0.368 e. The van der Waals surface area contributed by atoms with Crippen LogP contribution in [0.15, 0.2) is 12.5 Å². The summed E-state index contributed by atoms with van der Waals surface area (Å²) in [5, 5.41) is 8.82. The van der Waals surface area contributed by atoms with Crippen molar-refractivity contribution in [1.29, 1.82) is 0 Å². The van der Waals surface area contributed by atoms with Gasteiger partial charge in [0.15, 0.2) is 5.78 Å². The maximum Gasteiger partial charge on any atom is 0.235 e. The van der Waals surface area contributed by atoms with Gasteiger partial charge < -0.3 is 26.7 Å². The lowest BCUT2D eigenvalue weighted by Gasteiger charge is -2.26. The Bertz CT molecular complexity index is 646. The summed E-state index contributed by atoms with van der Waals surface area (Å²) in [7, 11) is 0. The molecule has 4 atom stereocenters. The van der Waals surface area contributed by atoms with Gasteiger partial charge in [-0.25, -0.2) is 4.98 Å². The van der Waals surface area contributed by atoms with Crippen LogP contribution in [0.3, 0.4) is 0 Å². The van der Waals surface area contributed by atoms with E-state index < -0.39 is 23.9 Å². The number of imidazole rings is 1.